The number of halogens is 1. The number of carbonyl (C=O) groups excluding carboxylic acids is 2. The molecule has 8 heteroatoms. The van der Waals surface area contributed by atoms with E-state index in [2.05, 4.69) is 10.4 Å². The minimum atomic E-state index is -0.0839. The molecule has 0 radical (unpaired) electrons. The first-order valence-electron chi connectivity index (χ1n) is 10.6. The van der Waals surface area contributed by atoms with Gasteiger partial charge in [-0.25, -0.2) is 0 Å². The molecule has 4 rings (SSSR count). The first kappa shape index (κ1) is 20.7. The van der Waals surface area contributed by atoms with Gasteiger partial charge in [0.1, 0.15) is 18.4 Å². The van der Waals surface area contributed by atoms with E-state index >= 15 is 0 Å². The maximum absolute atomic E-state index is 12.4. The predicted molar refractivity (Wildman–Crippen MR) is 114 cm³/mol. The van der Waals surface area contributed by atoms with E-state index in [0.717, 1.165) is 25.7 Å². The van der Waals surface area contributed by atoms with Crippen LogP contribution >= 0.6 is 11.6 Å². The van der Waals surface area contributed by atoms with E-state index in [1.54, 1.807) is 41.3 Å². The van der Waals surface area contributed by atoms with Gasteiger partial charge in [0.2, 0.25) is 5.91 Å². The second-order valence-corrected chi connectivity index (χ2v) is 8.41. The van der Waals surface area contributed by atoms with Crippen LogP contribution in [0.15, 0.2) is 36.7 Å². The van der Waals surface area contributed by atoms with Gasteiger partial charge in [0, 0.05) is 49.9 Å². The lowest BCUT2D eigenvalue weighted by Crippen LogP contribution is -2.43. The molecule has 0 bridgehead atoms. The molecule has 1 aliphatic heterocycles. The molecule has 2 amide bonds. The summed E-state index contributed by atoms with van der Waals surface area (Å²) in [7, 11) is 0. The second kappa shape index (κ2) is 9.51. The Morgan fingerprint density at radius 3 is 2.60 bits per heavy atom. The number of ether oxygens (including phenoxy) is 1. The van der Waals surface area contributed by atoms with E-state index in [4.69, 9.17) is 16.3 Å². The van der Waals surface area contributed by atoms with Crippen molar-refractivity contribution in [3.8, 4) is 5.75 Å². The summed E-state index contributed by atoms with van der Waals surface area (Å²) in [4.78, 5) is 26.6. The largest absolute Gasteiger partial charge is 0.489 e. The Kier molecular flexibility index (Phi) is 6.57. The molecule has 160 valence electrons. The Labute approximate surface area is 181 Å². The maximum atomic E-state index is 12.4. The van der Waals surface area contributed by atoms with Crippen molar-refractivity contribution >= 4 is 23.4 Å². The first-order chi connectivity index (χ1) is 14.6. The number of nitrogens with zero attached hydrogens (tertiary/aromatic N) is 3. The van der Waals surface area contributed by atoms with E-state index in [-0.39, 0.29) is 30.5 Å². The van der Waals surface area contributed by atoms with Crippen molar-refractivity contribution < 1.29 is 14.3 Å². The van der Waals surface area contributed by atoms with Gasteiger partial charge >= 0.3 is 0 Å². The summed E-state index contributed by atoms with van der Waals surface area (Å²) in [5, 5.41) is 7.59. The number of carbonyl (C=O) groups is 2. The van der Waals surface area contributed by atoms with Gasteiger partial charge in [-0.05, 0) is 37.1 Å². The zero-order chi connectivity index (χ0) is 20.9. The number of likely N-dealkylation sites (tertiary alicyclic amines) is 1. The molecule has 1 N–H and O–H groups in total. The van der Waals surface area contributed by atoms with Crippen molar-refractivity contribution in [2.45, 2.75) is 57.2 Å². The summed E-state index contributed by atoms with van der Waals surface area (Å²) in [6.07, 6.45) is 9.37. The molecule has 0 spiro atoms. The minimum Gasteiger partial charge on any atom is -0.489 e. The number of hydrogen-bond acceptors (Lipinski definition) is 4. The third-order valence-electron chi connectivity index (χ3n) is 5.83. The smallest absolute Gasteiger partial charge is 0.251 e. The quantitative estimate of drug-likeness (QED) is 0.763. The van der Waals surface area contributed by atoms with Gasteiger partial charge < -0.3 is 15.0 Å². The summed E-state index contributed by atoms with van der Waals surface area (Å²) >= 11 is 6.39. The highest BCUT2D eigenvalue weighted by atomic mass is 35.5. The average Bonchev–Trinajstić information content (AvgIpc) is 3.44. The fourth-order valence-corrected chi connectivity index (χ4v) is 4.34. The highest BCUT2D eigenvalue weighted by Gasteiger charge is 2.25. The Bertz CT molecular complexity index is 873. The highest BCUT2D eigenvalue weighted by Crippen LogP contribution is 2.29. The van der Waals surface area contributed by atoms with Gasteiger partial charge in [0.15, 0.2) is 0 Å². The number of hydrogen-bond donors (Lipinski definition) is 1. The van der Waals surface area contributed by atoms with Crippen LogP contribution in [-0.2, 0) is 11.3 Å². The number of rotatable bonds is 6. The van der Waals surface area contributed by atoms with E-state index < -0.39 is 0 Å². The molecule has 2 heterocycles. The van der Waals surface area contributed by atoms with Gasteiger partial charge in [-0.1, -0.05) is 24.4 Å². The summed E-state index contributed by atoms with van der Waals surface area (Å²) in [5.74, 6) is 0.558. The van der Waals surface area contributed by atoms with Crippen molar-refractivity contribution in [1.29, 1.82) is 0 Å². The van der Waals surface area contributed by atoms with Crippen LogP contribution in [0.25, 0.3) is 0 Å². The van der Waals surface area contributed by atoms with Crippen LogP contribution in [-0.4, -0.2) is 51.7 Å². The summed E-state index contributed by atoms with van der Waals surface area (Å²) in [6, 6.07) is 7.27. The Balaban J connectivity index is 1.27. The standard InChI is InChI=1S/C22H27ClN4O3/c23-19-14-16(22(29)25-17-4-1-2-5-17)6-7-20(19)30-18-8-12-26(13-9-18)21(28)15-27-11-3-10-24-27/h3,6-7,10-11,14,17-18H,1-2,4-5,8-9,12-13,15H2,(H,25,29). The molecule has 2 aromatic rings. The highest BCUT2D eigenvalue weighted by molar-refractivity contribution is 6.32. The van der Waals surface area contributed by atoms with Gasteiger partial charge in [-0.2, -0.15) is 5.10 Å². The number of piperidine rings is 1. The van der Waals surface area contributed by atoms with E-state index in [9.17, 15) is 9.59 Å². The van der Waals surface area contributed by atoms with E-state index in [1.807, 2.05) is 4.90 Å². The SMILES string of the molecule is O=C(NC1CCCC1)c1ccc(OC2CCN(C(=O)Cn3cccn3)CC2)c(Cl)c1. The molecule has 30 heavy (non-hydrogen) atoms. The summed E-state index contributed by atoms with van der Waals surface area (Å²) < 4.78 is 7.70. The Morgan fingerprint density at radius 1 is 1.17 bits per heavy atom. The van der Waals surface area contributed by atoms with Crippen LogP contribution in [0.1, 0.15) is 48.9 Å². The molecule has 0 unspecified atom stereocenters. The number of benzene rings is 1. The molecule has 1 saturated heterocycles. The minimum absolute atomic E-state index is 0.00517. The van der Waals surface area contributed by atoms with E-state index in [1.165, 1.54) is 12.8 Å². The topological polar surface area (TPSA) is 76.5 Å². The van der Waals surface area contributed by atoms with Gasteiger partial charge in [-0.15, -0.1) is 0 Å². The van der Waals surface area contributed by atoms with Gasteiger partial charge in [0.25, 0.3) is 5.91 Å². The third kappa shape index (κ3) is 5.14. The van der Waals surface area contributed by atoms with Crippen LogP contribution in [0, 0.1) is 0 Å². The first-order valence-corrected chi connectivity index (χ1v) is 11.0. The van der Waals surface area contributed by atoms with Crippen molar-refractivity contribution in [3.05, 3.63) is 47.2 Å². The normalized spacial score (nSPS) is 17.8. The molecular weight excluding hydrogens is 404 g/mol. The van der Waals surface area contributed by atoms with Crippen molar-refractivity contribution in [2.75, 3.05) is 13.1 Å². The van der Waals surface area contributed by atoms with Crippen molar-refractivity contribution in [2.24, 2.45) is 0 Å². The lowest BCUT2D eigenvalue weighted by atomic mass is 10.1. The lowest BCUT2D eigenvalue weighted by Gasteiger charge is -2.32. The average molecular weight is 431 g/mol. The van der Waals surface area contributed by atoms with Gasteiger partial charge in [-0.3, -0.25) is 14.3 Å². The zero-order valence-electron chi connectivity index (χ0n) is 16.9. The van der Waals surface area contributed by atoms with Crippen molar-refractivity contribution in [1.82, 2.24) is 20.0 Å². The van der Waals surface area contributed by atoms with Gasteiger partial charge in [0.05, 0.1) is 5.02 Å². The molecule has 2 aliphatic rings. The molecule has 7 nitrogen and oxygen atoms in total. The van der Waals surface area contributed by atoms with Crippen LogP contribution in [0.4, 0.5) is 0 Å². The predicted octanol–water partition coefficient (Wildman–Crippen LogP) is 3.28. The fraction of sp³-hybridized carbons (Fsp3) is 0.500. The maximum Gasteiger partial charge on any atom is 0.251 e. The number of aromatic nitrogens is 2. The molecule has 1 saturated carbocycles. The lowest BCUT2D eigenvalue weighted by molar-refractivity contribution is -0.133. The molecule has 1 aliphatic carbocycles. The summed E-state index contributed by atoms with van der Waals surface area (Å²) in [6.45, 7) is 1.54. The number of nitrogens with one attached hydrogen (secondary N) is 1. The summed E-state index contributed by atoms with van der Waals surface area (Å²) in [5.41, 5.74) is 0.554. The molecule has 1 aromatic carbocycles. The van der Waals surface area contributed by atoms with Crippen molar-refractivity contribution in [3.63, 3.8) is 0 Å². The van der Waals surface area contributed by atoms with Crippen LogP contribution in [0.5, 0.6) is 5.75 Å². The fourth-order valence-electron chi connectivity index (χ4n) is 4.11. The van der Waals surface area contributed by atoms with Crippen LogP contribution in [0.2, 0.25) is 5.02 Å². The zero-order valence-corrected chi connectivity index (χ0v) is 17.7. The third-order valence-corrected chi connectivity index (χ3v) is 6.12. The molecular formula is C22H27ClN4O3. The van der Waals surface area contributed by atoms with Crippen LogP contribution < -0.4 is 10.1 Å². The Morgan fingerprint density at radius 2 is 1.93 bits per heavy atom. The molecule has 1 aromatic heterocycles. The van der Waals surface area contributed by atoms with Crippen LogP contribution in [0.3, 0.4) is 0 Å². The Hall–Kier alpha value is -2.54. The second-order valence-electron chi connectivity index (χ2n) is 8.00. The molecule has 0 atom stereocenters. The molecule has 2 fully saturated rings. The van der Waals surface area contributed by atoms with E-state index in [0.29, 0.717) is 29.4 Å². The number of amides is 2. The monoisotopic (exact) mass is 430 g/mol.